The number of hydrogen-bond donors (Lipinski definition) is 2. The van der Waals surface area contributed by atoms with Crippen molar-refractivity contribution in [1.82, 2.24) is 10.2 Å². The van der Waals surface area contributed by atoms with E-state index in [1.54, 1.807) is 0 Å². The lowest BCUT2D eigenvalue weighted by molar-refractivity contribution is -0.132. The van der Waals surface area contributed by atoms with Gasteiger partial charge >= 0.3 is 6.18 Å². The average molecular weight is 303 g/mol. The molecule has 0 saturated heterocycles. The highest BCUT2D eigenvalue weighted by atomic mass is 19.4. The van der Waals surface area contributed by atoms with Crippen molar-refractivity contribution in [3.05, 3.63) is 16.8 Å². The number of aryl methyl sites for hydroxylation is 1. The molecular formula is C13H20F3N5. The molecule has 0 aromatic carbocycles. The second-order valence-corrected chi connectivity index (χ2v) is 4.73. The summed E-state index contributed by atoms with van der Waals surface area (Å²) in [5.74, 6) is 0.0195. The van der Waals surface area contributed by atoms with Crippen molar-refractivity contribution in [3.8, 4) is 0 Å². The maximum Gasteiger partial charge on any atom is 0.390 e. The molecule has 0 fully saturated rings. The van der Waals surface area contributed by atoms with E-state index >= 15 is 0 Å². The van der Waals surface area contributed by atoms with E-state index in [0.29, 0.717) is 18.4 Å². The van der Waals surface area contributed by atoms with Gasteiger partial charge in [-0.2, -0.15) is 18.3 Å². The van der Waals surface area contributed by atoms with Crippen molar-refractivity contribution in [3.63, 3.8) is 0 Å². The van der Waals surface area contributed by atoms with Crippen LogP contribution in [0.5, 0.6) is 0 Å². The van der Waals surface area contributed by atoms with Crippen molar-refractivity contribution in [2.45, 2.75) is 39.3 Å². The molecule has 118 valence electrons. The number of halogens is 3. The standard InChI is InChI=1S/C13H20F3N5/c1-4-8-9(5-2)19-20-12(10(8)11(17)18)21(3)7-6-13(14,15)16/h4-7H2,1-3H3,(H3,17,18). The molecule has 0 atom stereocenters. The second-order valence-electron chi connectivity index (χ2n) is 4.73. The number of amidine groups is 1. The molecule has 0 aliphatic carbocycles. The highest BCUT2D eigenvalue weighted by Crippen LogP contribution is 2.25. The van der Waals surface area contributed by atoms with Gasteiger partial charge in [-0.15, -0.1) is 5.10 Å². The van der Waals surface area contributed by atoms with Crippen LogP contribution in [0.3, 0.4) is 0 Å². The first-order valence-corrected chi connectivity index (χ1v) is 6.71. The summed E-state index contributed by atoms with van der Waals surface area (Å²) in [5, 5.41) is 15.7. The maximum atomic E-state index is 12.3. The number of alkyl halides is 3. The number of nitrogen functional groups attached to an aromatic ring is 1. The highest BCUT2D eigenvalue weighted by molar-refractivity contribution is 6.01. The van der Waals surface area contributed by atoms with Crippen LogP contribution in [0.25, 0.3) is 0 Å². The highest BCUT2D eigenvalue weighted by Gasteiger charge is 2.28. The average Bonchev–Trinajstić information content (AvgIpc) is 2.41. The lowest BCUT2D eigenvalue weighted by Crippen LogP contribution is -2.29. The summed E-state index contributed by atoms with van der Waals surface area (Å²) in [4.78, 5) is 1.34. The zero-order chi connectivity index (χ0) is 16.2. The number of nitrogens with two attached hydrogens (primary N) is 1. The van der Waals surface area contributed by atoms with E-state index < -0.39 is 12.6 Å². The minimum Gasteiger partial charge on any atom is -0.384 e. The van der Waals surface area contributed by atoms with Crippen LogP contribution in [-0.4, -0.2) is 35.8 Å². The Morgan fingerprint density at radius 3 is 2.29 bits per heavy atom. The smallest absolute Gasteiger partial charge is 0.384 e. The van der Waals surface area contributed by atoms with Gasteiger partial charge in [-0.1, -0.05) is 13.8 Å². The van der Waals surface area contributed by atoms with Crippen LogP contribution >= 0.6 is 0 Å². The molecule has 1 aromatic heterocycles. The van der Waals surface area contributed by atoms with Crippen LogP contribution in [0.2, 0.25) is 0 Å². The predicted molar refractivity (Wildman–Crippen MR) is 75.7 cm³/mol. The lowest BCUT2D eigenvalue weighted by atomic mass is 10.0. The molecule has 0 aliphatic rings. The van der Waals surface area contributed by atoms with Crippen molar-refractivity contribution in [1.29, 1.82) is 5.41 Å². The Balaban J connectivity index is 3.20. The van der Waals surface area contributed by atoms with Gasteiger partial charge in [-0.3, -0.25) is 5.41 Å². The Morgan fingerprint density at radius 2 is 1.86 bits per heavy atom. The fraction of sp³-hybridized carbons (Fsp3) is 0.615. The van der Waals surface area contributed by atoms with E-state index in [-0.39, 0.29) is 18.2 Å². The minimum absolute atomic E-state index is 0.203. The van der Waals surface area contributed by atoms with E-state index in [1.165, 1.54) is 11.9 Å². The molecule has 0 amide bonds. The zero-order valence-electron chi connectivity index (χ0n) is 12.4. The largest absolute Gasteiger partial charge is 0.390 e. The Kier molecular flexibility index (Phi) is 5.51. The van der Waals surface area contributed by atoms with Gasteiger partial charge in [0.1, 0.15) is 5.84 Å². The molecular weight excluding hydrogens is 283 g/mol. The molecule has 5 nitrogen and oxygen atoms in total. The molecule has 1 heterocycles. The fourth-order valence-corrected chi connectivity index (χ4v) is 2.11. The van der Waals surface area contributed by atoms with Gasteiger partial charge in [0.25, 0.3) is 0 Å². The Labute approximate surface area is 121 Å². The van der Waals surface area contributed by atoms with Crippen LogP contribution in [0.15, 0.2) is 0 Å². The molecule has 0 spiro atoms. The molecule has 0 unspecified atom stereocenters. The van der Waals surface area contributed by atoms with Crippen LogP contribution in [-0.2, 0) is 12.8 Å². The molecule has 3 N–H and O–H groups in total. The van der Waals surface area contributed by atoms with Crippen molar-refractivity contribution < 1.29 is 13.2 Å². The van der Waals surface area contributed by atoms with Gasteiger partial charge in [0.15, 0.2) is 5.82 Å². The van der Waals surface area contributed by atoms with Crippen LogP contribution < -0.4 is 10.6 Å². The summed E-state index contributed by atoms with van der Waals surface area (Å²) < 4.78 is 37.0. The topological polar surface area (TPSA) is 78.9 Å². The second kappa shape index (κ2) is 6.73. The summed E-state index contributed by atoms with van der Waals surface area (Å²) in [7, 11) is 1.49. The predicted octanol–water partition coefficient (Wildman–Crippen LogP) is 2.27. The number of aromatic nitrogens is 2. The molecule has 0 radical (unpaired) electrons. The van der Waals surface area contributed by atoms with Gasteiger partial charge in [-0.05, 0) is 18.4 Å². The Hall–Kier alpha value is -1.86. The number of anilines is 1. The van der Waals surface area contributed by atoms with Gasteiger partial charge in [-0.25, -0.2) is 0 Å². The van der Waals surface area contributed by atoms with E-state index in [9.17, 15) is 13.2 Å². The molecule has 1 rings (SSSR count). The third-order valence-electron chi connectivity index (χ3n) is 3.19. The Bertz CT molecular complexity index is 513. The monoisotopic (exact) mass is 303 g/mol. The third kappa shape index (κ3) is 4.30. The van der Waals surface area contributed by atoms with Gasteiger partial charge in [0.2, 0.25) is 0 Å². The first kappa shape index (κ1) is 17.2. The number of nitrogens with zero attached hydrogens (tertiary/aromatic N) is 3. The summed E-state index contributed by atoms with van der Waals surface area (Å²) in [6, 6.07) is 0. The lowest BCUT2D eigenvalue weighted by Gasteiger charge is -2.23. The molecule has 0 bridgehead atoms. The summed E-state index contributed by atoms with van der Waals surface area (Å²) in [5.41, 5.74) is 7.47. The van der Waals surface area contributed by atoms with Crippen LogP contribution in [0.1, 0.15) is 37.1 Å². The first-order valence-electron chi connectivity index (χ1n) is 6.71. The molecule has 21 heavy (non-hydrogen) atoms. The number of rotatable bonds is 6. The summed E-state index contributed by atoms with van der Waals surface area (Å²) in [6.07, 6.45) is -3.98. The van der Waals surface area contributed by atoms with Crippen LogP contribution in [0.4, 0.5) is 19.0 Å². The van der Waals surface area contributed by atoms with E-state index in [0.717, 1.165) is 11.3 Å². The Morgan fingerprint density at radius 1 is 1.24 bits per heavy atom. The molecule has 0 saturated carbocycles. The molecule has 1 aromatic rings. The van der Waals surface area contributed by atoms with Crippen molar-refractivity contribution in [2.75, 3.05) is 18.5 Å². The van der Waals surface area contributed by atoms with Crippen LogP contribution in [0, 0.1) is 5.41 Å². The summed E-state index contributed by atoms with van der Waals surface area (Å²) in [6.45, 7) is 3.54. The van der Waals surface area contributed by atoms with Gasteiger partial charge < -0.3 is 10.6 Å². The normalized spacial score (nSPS) is 11.5. The van der Waals surface area contributed by atoms with E-state index in [4.69, 9.17) is 11.1 Å². The maximum absolute atomic E-state index is 12.3. The number of nitrogens with one attached hydrogen (secondary N) is 1. The van der Waals surface area contributed by atoms with Gasteiger partial charge in [0, 0.05) is 13.6 Å². The van der Waals surface area contributed by atoms with Crippen molar-refractivity contribution in [2.24, 2.45) is 5.73 Å². The SMILES string of the molecule is CCc1nnc(N(C)CCC(F)(F)F)c(C(=N)N)c1CC. The quantitative estimate of drug-likeness (QED) is 0.624. The van der Waals surface area contributed by atoms with E-state index in [1.807, 2.05) is 13.8 Å². The summed E-state index contributed by atoms with van der Waals surface area (Å²) >= 11 is 0. The van der Waals surface area contributed by atoms with E-state index in [2.05, 4.69) is 10.2 Å². The van der Waals surface area contributed by atoms with Crippen molar-refractivity contribution >= 4 is 11.7 Å². The number of hydrogen-bond acceptors (Lipinski definition) is 4. The third-order valence-corrected chi connectivity index (χ3v) is 3.19. The zero-order valence-corrected chi connectivity index (χ0v) is 12.4. The first-order chi connectivity index (χ1) is 9.71. The fourth-order valence-electron chi connectivity index (χ4n) is 2.11. The minimum atomic E-state index is -4.24. The molecule has 0 aliphatic heterocycles. The van der Waals surface area contributed by atoms with Gasteiger partial charge in [0.05, 0.1) is 17.7 Å². The molecule has 8 heteroatoms.